The van der Waals surface area contributed by atoms with Crippen molar-refractivity contribution >= 4 is 11.9 Å². The molecule has 350 valence electrons. The van der Waals surface area contributed by atoms with Gasteiger partial charge in [-0.1, -0.05) is 249 Å². The molecule has 0 aliphatic rings. The highest BCUT2D eigenvalue weighted by atomic mass is 16.5. The summed E-state index contributed by atoms with van der Waals surface area (Å²) in [5.41, 5.74) is 0. The molecule has 0 saturated heterocycles. The first-order valence-corrected chi connectivity index (χ1v) is 25.9. The zero-order valence-corrected chi connectivity index (χ0v) is 39.8. The molecule has 0 radical (unpaired) electrons. The molecular formula is C54H99NO5. The molecule has 0 bridgehead atoms. The molecule has 0 aliphatic heterocycles. The third kappa shape index (κ3) is 42.5. The molecule has 3 unspecified atom stereocenters. The summed E-state index contributed by atoms with van der Waals surface area (Å²) in [5.74, 6) is -0.492. The van der Waals surface area contributed by atoms with Crippen LogP contribution in [0.15, 0.2) is 48.6 Å². The monoisotopic (exact) mass is 842 g/mol. The second-order valence-electron chi connectivity index (χ2n) is 17.6. The third-order valence-corrected chi connectivity index (χ3v) is 11.8. The molecule has 0 aromatic heterocycles. The van der Waals surface area contributed by atoms with Gasteiger partial charge in [0.15, 0.2) is 0 Å². The summed E-state index contributed by atoms with van der Waals surface area (Å²) in [7, 11) is 0. The Balaban J connectivity index is 4.60. The van der Waals surface area contributed by atoms with Crippen molar-refractivity contribution in [2.24, 2.45) is 0 Å². The van der Waals surface area contributed by atoms with E-state index < -0.39 is 18.2 Å². The highest BCUT2D eigenvalue weighted by Crippen LogP contribution is 2.18. The zero-order chi connectivity index (χ0) is 43.8. The Morgan fingerprint density at radius 2 is 0.900 bits per heavy atom. The van der Waals surface area contributed by atoms with Crippen LogP contribution in [0.1, 0.15) is 258 Å². The number of rotatable bonds is 46. The summed E-state index contributed by atoms with van der Waals surface area (Å²) in [6.45, 7) is 6.34. The molecule has 0 saturated carbocycles. The summed E-state index contributed by atoms with van der Waals surface area (Å²) in [6.07, 6.45) is 57.4. The van der Waals surface area contributed by atoms with Crippen LogP contribution in [-0.4, -0.2) is 46.9 Å². The van der Waals surface area contributed by atoms with Gasteiger partial charge in [0.1, 0.15) is 6.10 Å². The predicted molar refractivity (Wildman–Crippen MR) is 259 cm³/mol. The molecule has 0 fully saturated rings. The largest absolute Gasteiger partial charge is 0.462 e. The molecule has 0 spiro atoms. The van der Waals surface area contributed by atoms with Crippen LogP contribution in [0.3, 0.4) is 0 Å². The lowest BCUT2D eigenvalue weighted by Gasteiger charge is -2.24. The van der Waals surface area contributed by atoms with Gasteiger partial charge in [0.05, 0.1) is 25.2 Å². The van der Waals surface area contributed by atoms with Gasteiger partial charge in [-0.3, -0.25) is 9.59 Å². The van der Waals surface area contributed by atoms with Gasteiger partial charge in [0.2, 0.25) is 5.91 Å². The molecule has 0 heterocycles. The van der Waals surface area contributed by atoms with Crippen LogP contribution >= 0.6 is 0 Å². The highest BCUT2D eigenvalue weighted by Gasteiger charge is 2.24. The number of aliphatic hydroxyl groups is 2. The van der Waals surface area contributed by atoms with E-state index in [0.29, 0.717) is 19.3 Å². The quantitative estimate of drug-likeness (QED) is 0.0322. The van der Waals surface area contributed by atoms with Crippen molar-refractivity contribution in [3.63, 3.8) is 0 Å². The standard InChI is InChI=1S/C54H99NO5/c1-4-7-10-13-16-19-22-24-26-28-29-31-33-36-39-42-45-50(60-54(59)47-44-41-38-35-32-30-27-25-23-20-17-14-11-8-5-2)48-53(58)55-51(49-56)52(57)46-43-40-37-34-21-18-15-12-9-6-3/h8,11,14,17,20,23,25,27,50-52,56-57H,4-7,9-10,12-13,15-16,18-19,21-22,24,26,28-49H2,1-3H3,(H,55,58)/b11-8+,17-14+,23-20+,27-25-. The van der Waals surface area contributed by atoms with Crippen molar-refractivity contribution < 1.29 is 24.5 Å². The fourth-order valence-corrected chi connectivity index (χ4v) is 7.85. The maximum atomic E-state index is 13.2. The number of hydrogen-bond donors (Lipinski definition) is 3. The van der Waals surface area contributed by atoms with Gasteiger partial charge >= 0.3 is 5.97 Å². The lowest BCUT2D eigenvalue weighted by molar-refractivity contribution is -0.151. The number of unbranched alkanes of at least 4 members (excludes halogenated alkanes) is 29. The van der Waals surface area contributed by atoms with Gasteiger partial charge in [-0.05, 0) is 44.9 Å². The normalized spacial score (nSPS) is 13.6. The molecular weight excluding hydrogens is 743 g/mol. The second kappa shape index (κ2) is 47.9. The van der Waals surface area contributed by atoms with Crippen molar-refractivity contribution in [2.45, 2.75) is 277 Å². The lowest BCUT2D eigenvalue weighted by atomic mass is 10.0. The van der Waals surface area contributed by atoms with Crippen LogP contribution in [0.25, 0.3) is 0 Å². The number of nitrogens with one attached hydrogen (secondary N) is 1. The first kappa shape index (κ1) is 57.8. The van der Waals surface area contributed by atoms with Gasteiger partial charge in [0, 0.05) is 6.42 Å². The SMILES string of the molecule is CC/C=C/C=C/C=C/C=C\CCCCCCCC(=O)OC(CCCCCCCCCCCCCCCCCC)CC(=O)NC(CO)C(O)CCCCCCCCCCCC. The van der Waals surface area contributed by atoms with E-state index in [4.69, 9.17) is 4.74 Å². The van der Waals surface area contributed by atoms with Gasteiger partial charge in [-0.2, -0.15) is 0 Å². The molecule has 0 aromatic rings. The summed E-state index contributed by atoms with van der Waals surface area (Å²) in [4.78, 5) is 26.1. The summed E-state index contributed by atoms with van der Waals surface area (Å²) in [5, 5.41) is 23.7. The van der Waals surface area contributed by atoms with E-state index in [2.05, 4.69) is 56.5 Å². The average Bonchev–Trinajstić information content (AvgIpc) is 3.24. The predicted octanol–water partition coefficient (Wildman–Crippen LogP) is 15.5. The molecule has 60 heavy (non-hydrogen) atoms. The molecule has 1 amide bonds. The van der Waals surface area contributed by atoms with Crippen LogP contribution in [0.2, 0.25) is 0 Å². The summed E-state index contributed by atoms with van der Waals surface area (Å²) < 4.78 is 5.93. The van der Waals surface area contributed by atoms with Crippen molar-refractivity contribution in [2.75, 3.05) is 6.61 Å². The van der Waals surface area contributed by atoms with Gasteiger partial charge < -0.3 is 20.3 Å². The van der Waals surface area contributed by atoms with Crippen LogP contribution < -0.4 is 5.32 Å². The third-order valence-electron chi connectivity index (χ3n) is 11.8. The van der Waals surface area contributed by atoms with Crippen molar-refractivity contribution in [3.8, 4) is 0 Å². The fraction of sp³-hybridized carbons (Fsp3) is 0.815. The van der Waals surface area contributed by atoms with Crippen LogP contribution in [0.5, 0.6) is 0 Å². The van der Waals surface area contributed by atoms with Crippen molar-refractivity contribution in [1.82, 2.24) is 5.32 Å². The Morgan fingerprint density at radius 3 is 1.37 bits per heavy atom. The minimum Gasteiger partial charge on any atom is -0.462 e. The number of hydrogen-bond acceptors (Lipinski definition) is 5. The molecule has 3 N–H and O–H groups in total. The molecule has 6 nitrogen and oxygen atoms in total. The Hall–Kier alpha value is -2.18. The zero-order valence-electron chi connectivity index (χ0n) is 39.8. The van der Waals surface area contributed by atoms with Gasteiger partial charge in [0.25, 0.3) is 0 Å². The Labute approximate surface area is 372 Å². The molecule has 3 atom stereocenters. The van der Waals surface area contributed by atoms with Crippen LogP contribution in [0, 0.1) is 0 Å². The summed E-state index contributed by atoms with van der Waals surface area (Å²) >= 11 is 0. The van der Waals surface area contributed by atoms with E-state index in [1.807, 2.05) is 18.2 Å². The number of allylic oxidation sites excluding steroid dienone is 8. The Kier molecular flexibility index (Phi) is 46.1. The van der Waals surface area contributed by atoms with Gasteiger partial charge in [-0.15, -0.1) is 0 Å². The molecule has 6 heteroatoms. The lowest BCUT2D eigenvalue weighted by Crippen LogP contribution is -2.46. The molecule has 0 rings (SSSR count). The Bertz CT molecular complexity index is 1040. The summed E-state index contributed by atoms with van der Waals surface area (Å²) in [6, 6.07) is -0.704. The van der Waals surface area contributed by atoms with E-state index in [0.717, 1.165) is 77.0 Å². The second-order valence-corrected chi connectivity index (χ2v) is 17.6. The number of carbonyl (C=O) groups excluding carboxylic acids is 2. The number of carbonyl (C=O) groups is 2. The van der Waals surface area contributed by atoms with E-state index in [1.54, 1.807) is 0 Å². The highest BCUT2D eigenvalue weighted by molar-refractivity contribution is 5.77. The molecule has 0 aromatic carbocycles. The van der Waals surface area contributed by atoms with Crippen molar-refractivity contribution in [3.05, 3.63) is 48.6 Å². The number of ether oxygens (including phenoxy) is 1. The van der Waals surface area contributed by atoms with Crippen LogP contribution in [-0.2, 0) is 14.3 Å². The van der Waals surface area contributed by atoms with Crippen molar-refractivity contribution in [1.29, 1.82) is 0 Å². The van der Waals surface area contributed by atoms with E-state index >= 15 is 0 Å². The maximum absolute atomic E-state index is 13.2. The van der Waals surface area contributed by atoms with Crippen LogP contribution in [0.4, 0.5) is 0 Å². The maximum Gasteiger partial charge on any atom is 0.306 e. The minimum atomic E-state index is -0.789. The number of esters is 1. The topological polar surface area (TPSA) is 95.9 Å². The van der Waals surface area contributed by atoms with E-state index in [1.165, 1.54) is 135 Å². The fourth-order valence-electron chi connectivity index (χ4n) is 7.85. The van der Waals surface area contributed by atoms with E-state index in [-0.39, 0.29) is 24.9 Å². The number of amides is 1. The molecule has 0 aliphatic carbocycles. The minimum absolute atomic E-state index is 0.0703. The first-order chi connectivity index (χ1) is 29.5. The smallest absolute Gasteiger partial charge is 0.306 e. The average molecular weight is 842 g/mol. The number of aliphatic hydroxyl groups excluding tert-OH is 2. The van der Waals surface area contributed by atoms with Gasteiger partial charge in [-0.25, -0.2) is 0 Å². The Morgan fingerprint density at radius 1 is 0.500 bits per heavy atom. The van der Waals surface area contributed by atoms with E-state index in [9.17, 15) is 19.8 Å². The first-order valence-electron chi connectivity index (χ1n) is 25.9.